The average molecular weight is 356 g/mol. The lowest BCUT2D eigenvalue weighted by Gasteiger charge is -2.31. The second-order valence-electron chi connectivity index (χ2n) is 6.11. The summed E-state index contributed by atoms with van der Waals surface area (Å²) in [6.45, 7) is 0.704. The van der Waals surface area contributed by atoms with Gasteiger partial charge in [-0.3, -0.25) is 4.79 Å². The Balaban J connectivity index is 2.03. The van der Waals surface area contributed by atoms with Crippen LogP contribution in [0.4, 0.5) is 0 Å². The van der Waals surface area contributed by atoms with Gasteiger partial charge in [0.25, 0.3) is 0 Å². The molecule has 8 heteroatoms. The molecule has 1 saturated heterocycles. The van der Waals surface area contributed by atoms with E-state index in [2.05, 4.69) is 0 Å². The van der Waals surface area contributed by atoms with Gasteiger partial charge in [-0.15, -0.1) is 11.8 Å². The van der Waals surface area contributed by atoms with E-state index in [1.807, 2.05) is 0 Å². The minimum Gasteiger partial charge on any atom is -0.478 e. The zero-order valence-corrected chi connectivity index (χ0v) is 14.4. The third kappa shape index (κ3) is 5.24. The van der Waals surface area contributed by atoms with Gasteiger partial charge in [-0.05, 0) is 19.3 Å². The summed E-state index contributed by atoms with van der Waals surface area (Å²) in [4.78, 5) is 36.6. The Morgan fingerprint density at radius 1 is 1.21 bits per heavy atom. The number of carboxylic acid groups (broad SMARTS) is 1. The minimum atomic E-state index is -1.21. The lowest BCUT2D eigenvalue weighted by atomic mass is 9.89. The zero-order valence-electron chi connectivity index (χ0n) is 13.6. The van der Waals surface area contributed by atoms with Gasteiger partial charge < -0.3 is 20.5 Å². The highest BCUT2D eigenvalue weighted by Gasteiger charge is 2.37. The van der Waals surface area contributed by atoms with E-state index in [-0.39, 0.29) is 11.8 Å². The first-order chi connectivity index (χ1) is 11.5. The molecule has 0 radical (unpaired) electrons. The number of carbonyl (C=O) groups is 3. The van der Waals surface area contributed by atoms with Crippen molar-refractivity contribution in [1.82, 2.24) is 4.90 Å². The van der Waals surface area contributed by atoms with E-state index in [1.165, 1.54) is 0 Å². The third-order valence-corrected chi connectivity index (χ3v) is 5.41. The molecule has 2 fully saturated rings. The van der Waals surface area contributed by atoms with Crippen molar-refractivity contribution in [3.8, 4) is 0 Å². The number of amides is 1. The second kappa shape index (κ2) is 9.08. The molecule has 134 valence electrons. The lowest BCUT2D eigenvalue weighted by molar-refractivity contribution is -0.149. The van der Waals surface area contributed by atoms with E-state index < -0.39 is 24.1 Å². The summed E-state index contributed by atoms with van der Waals surface area (Å²) in [6.07, 6.45) is 5.43. The van der Waals surface area contributed by atoms with Crippen LogP contribution in [0.3, 0.4) is 0 Å². The molecule has 0 spiro atoms. The number of carbonyl (C=O) groups excluding carboxylic acids is 2. The second-order valence-corrected chi connectivity index (χ2v) is 7.19. The van der Waals surface area contributed by atoms with Crippen LogP contribution < -0.4 is 5.73 Å². The van der Waals surface area contributed by atoms with E-state index in [0.717, 1.165) is 43.6 Å². The molecule has 7 nitrogen and oxygen atoms in total. The van der Waals surface area contributed by atoms with E-state index in [4.69, 9.17) is 15.6 Å². The van der Waals surface area contributed by atoms with Crippen molar-refractivity contribution in [3.63, 3.8) is 0 Å². The van der Waals surface area contributed by atoms with Crippen molar-refractivity contribution in [2.45, 2.75) is 44.2 Å². The van der Waals surface area contributed by atoms with E-state index in [9.17, 15) is 14.4 Å². The van der Waals surface area contributed by atoms with Crippen molar-refractivity contribution >= 4 is 29.6 Å². The highest BCUT2D eigenvalue weighted by molar-refractivity contribution is 7.99. The standard InChI is InChI=1S/C16H24N2O5S/c17-15(16(22)18-8-9-24-10-18)11-4-2-1-3-5-12(11)23-14(21)7-6-13(19)20/h6-7,11-12,15H,1-5,8-10,17H2,(H,19,20)/t11-,12-,15+/m1/s1. The molecule has 0 aromatic carbocycles. The van der Waals surface area contributed by atoms with Crippen LogP contribution in [-0.4, -0.2) is 58.2 Å². The van der Waals surface area contributed by atoms with E-state index in [1.54, 1.807) is 16.7 Å². The molecule has 0 bridgehead atoms. The van der Waals surface area contributed by atoms with Gasteiger partial charge in [0.05, 0.1) is 11.9 Å². The molecular weight excluding hydrogens is 332 g/mol. The van der Waals surface area contributed by atoms with Crippen molar-refractivity contribution < 1.29 is 24.2 Å². The van der Waals surface area contributed by atoms with Crippen LogP contribution in [0, 0.1) is 5.92 Å². The van der Waals surface area contributed by atoms with Crippen LogP contribution in [0.25, 0.3) is 0 Å². The van der Waals surface area contributed by atoms with Gasteiger partial charge in [0.2, 0.25) is 5.91 Å². The quantitative estimate of drug-likeness (QED) is 0.429. The highest BCUT2D eigenvalue weighted by Crippen LogP contribution is 2.29. The van der Waals surface area contributed by atoms with Gasteiger partial charge in [0.15, 0.2) is 0 Å². The molecule has 24 heavy (non-hydrogen) atoms. The van der Waals surface area contributed by atoms with Crippen LogP contribution in [0.5, 0.6) is 0 Å². The normalized spacial score (nSPS) is 26.1. The number of thioether (sulfide) groups is 1. The molecule has 0 aromatic heterocycles. The van der Waals surface area contributed by atoms with Gasteiger partial charge in [0, 0.05) is 30.4 Å². The Morgan fingerprint density at radius 2 is 1.96 bits per heavy atom. The summed E-state index contributed by atoms with van der Waals surface area (Å²) in [7, 11) is 0. The van der Waals surface area contributed by atoms with Crippen molar-refractivity contribution in [1.29, 1.82) is 0 Å². The van der Waals surface area contributed by atoms with Crippen LogP contribution in [0.2, 0.25) is 0 Å². The lowest BCUT2D eigenvalue weighted by Crippen LogP contribution is -2.50. The van der Waals surface area contributed by atoms with Crippen LogP contribution >= 0.6 is 11.8 Å². The Bertz CT molecular complexity index is 505. The van der Waals surface area contributed by atoms with Gasteiger partial charge in [-0.2, -0.15) is 0 Å². The van der Waals surface area contributed by atoms with E-state index >= 15 is 0 Å². The fourth-order valence-electron chi connectivity index (χ4n) is 3.17. The van der Waals surface area contributed by atoms with Gasteiger partial charge in [0.1, 0.15) is 6.10 Å². The number of aliphatic carboxylic acids is 1. The first kappa shape index (κ1) is 18.8. The number of nitrogens with two attached hydrogens (primary N) is 1. The number of ether oxygens (including phenoxy) is 1. The molecule has 0 unspecified atom stereocenters. The maximum absolute atomic E-state index is 12.6. The predicted octanol–water partition coefficient (Wildman–Crippen LogP) is 0.979. The highest BCUT2D eigenvalue weighted by atomic mass is 32.2. The minimum absolute atomic E-state index is 0.0889. The third-order valence-electron chi connectivity index (χ3n) is 4.44. The zero-order chi connectivity index (χ0) is 17.5. The maximum atomic E-state index is 12.6. The smallest absolute Gasteiger partial charge is 0.331 e. The first-order valence-electron chi connectivity index (χ1n) is 8.23. The molecule has 2 rings (SSSR count). The SMILES string of the molecule is N[C@H](C(=O)N1CCSC1)[C@@H]1CCCCC[C@H]1OC(=O)C=CC(=O)O. The predicted molar refractivity (Wildman–Crippen MR) is 90.2 cm³/mol. The molecule has 1 aliphatic carbocycles. The topological polar surface area (TPSA) is 110 Å². The molecule has 1 aliphatic heterocycles. The van der Waals surface area contributed by atoms with Crippen molar-refractivity contribution in [2.75, 3.05) is 18.2 Å². The molecule has 3 atom stereocenters. The molecule has 3 N–H and O–H groups in total. The molecule has 1 amide bonds. The molecule has 1 heterocycles. The Morgan fingerprint density at radius 3 is 2.62 bits per heavy atom. The van der Waals surface area contributed by atoms with Gasteiger partial charge >= 0.3 is 11.9 Å². The molecule has 2 aliphatic rings. The Hall–Kier alpha value is -1.54. The summed E-state index contributed by atoms with van der Waals surface area (Å²) in [5.41, 5.74) is 6.23. The summed E-state index contributed by atoms with van der Waals surface area (Å²) in [6, 6.07) is -0.692. The number of esters is 1. The number of hydrogen-bond donors (Lipinski definition) is 2. The summed E-state index contributed by atoms with van der Waals surface area (Å²) in [5.74, 6) is -0.651. The fraction of sp³-hybridized carbons (Fsp3) is 0.688. The monoisotopic (exact) mass is 356 g/mol. The van der Waals surface area contributed by atoms with Gasteiger partial charge in [-0.25, -0.2) is 9.59 Å². The molecular formula is C16H24N2O5S. The average Bonchev–Trinajstić information content (AvgIpc) is 2.99. The Kier molecular flexibility index (Phi) is 7.11. The Labute approximate surface area is 145 Å². The van der Waals surface area contributed by atoms with Crippen molar-refractivity contribution in [2.24, 2.45) is 11.7 Å². The molecule has 1 saturated carbocycles. The fourth-order valence-corrected chi connectivity index (χ4v) is 4.12. The van der Waals surface area contributed by atoms with Crippen LogP contribution in [0.1, 0.15) is 32.1 Å². The van der Waals surface area contributed by atoms with Crippen LogP contribution in [0.15, 0.2) is 12.2 Å². The maximum Gasteiger partial charge on any atom is 0.331 e. The number of hydrogen-bond acceptors (Lipinski definition) is 6. The van der Waals surface area contributed by atoms with Crippen molar-refractivity contribution in [3.05, 3.63) is 12.2 Å². The summed E-state index contributed by atoms with van der Waals surface area (Å²) >= 11 is 1.70. The van der Waals surface area contributed by atoms with E-state index in [0.29, 0.717) is 18.8 Å². The summed E-state index contributed by atoms with van der Waals surface area (Å²) < 4.78 is 5.42. The molecule has 0 aromatic rings. The summed E-state index contributed by atoms with van der Waals surface area (Å²) in [5, 5.41) is 8.58. The van der Waals surface area contributed by atoms with Gasteiger partial charge in [-0.1, -0.05) is 12.8 Å². The number of nitrogens with zero attached hydrogens (tertiary/aromatic N) is 1. The number of rotatable bonds is 5. The first-order valence-corrected chi connectivity index (χ1v) is 9.38. The largest absolute Gasteiger partial charge is 0.478 e. The number of carboxylic acids is 1. The van der Waals surface area contributed by atoms with Crippen LogP contribution in [-0.2, 0) is 19.1 Å².